The van der Waals surface area contributed by atoms with Crippen molar-refractivity contribution in [2.75, 3.05) is 32.1 Å². The van der Waals surface area contributed by atoms with Crippen LogP contribution in [0.3, 0.4) is 0 Å². The Morgan fingerprint density at radius 3 is 2.88 bits per heavy atom. The average molecular weight is 257 g/mol. The first-order valence-electron chi connectivity index (χ1n) is 5.65. The summed E-state index contributed by atoms with van der Waals surface area (Å²) in [5.41, 5.74) is 0.619. The van der Waals surface area contributed by atoms with Crippen LogP contribution in [-0.2, 0) is 6.61 Å². The van der Waals surface area contributed by atoms with Crippen LogP contribution < -0.4 is 4.90 Å². The van der Waals surface area contributed by atoms with Gasteiger partial charge in [-0.3, -0.25) is 0 Å². The fourth-order valence-corrected chi connectivity index (χ4v) is 2.33. The van der Waals surface area contributed by atoms with Crippen molar-refractivity contribution in [3.8, 4) is 0 Å². The molecule has 2 rings (SSSR count). The van der Waals surface area contributed by atoms with Crippen LogP contribution in [0.1, 0.15) is 12.0 Å². The highest BCUT2D eigenvalue weighted by Crippen LogP contribution is 2.27. The van der Waals surface area contributed by atoms with Gasteiger partial charge in [0.2, 0.25) is 0 Å². The summed E-state index contributed by atoms with van der Waals surface area (Å²) in [5, 5.41) is 9.67. The first kappa shape index (κ1) is 12.5. The van der Waals surface area contributed by atoms with Crippen molar-refractivity contribution in [1.29, 1.82) is 0 Å². The molecule has 6 heteroatoms. The normalized spacial score (nSPS) is 20.3. The Labute approximate surface area is 106 Å². The highest BCUT2D eigenvalue weighted by Gasteiger charge is 2.27. The van der Waals surface area contributed by atoms with Crippen molar-refractivity contribution in [1.82, 2.24) is 14.9 Å². The zero-order chi connectivity index (χ0) is 12.4. The average Bonchev–Trinajstić information content (AvgIpc) is 2.77. The largest absolute Gasteiger partial charge is 0.391 e. The number of nitrogens with zero attached hydrogens (tertiary/aromatic N) is 4. The summed E-state index contributed by atoms with van der Waals surface area (Å²) in [7, 11) is 4.15. The van der Waals surface area contributed by atoms with E-state index in [0.717, 1.165) is 25.3 Å². The molecule has 0 saturated carbocycles. The molecule has 0 aliphatic carbocycles. The van der Waals surface area contributed by atoms with Crippen molar-refractivity contribution in [2.45, 2.75) is 19.1 Å². The number of aliphatic hydroxyl groups is 1. The van der Waals surface area contributed by atoms with Crippen LogP contribution in [0.25, 0.3) is 0 Å². The third kappa shape index (κ3) is 2.51. The molecule has 1 aliphatic rings. The molecule has 0 bridgehead atoms. The molecule has 1 aromatic rings. The van der Waals surface area contributed by atoms with Gasteiger partial charge >= 0.3 is 0 Å². The van der Waals surface area contributed by atoms with Crippen LogP contribution >= 0.6 is 11.6 Å². The fraction of sp³-hybridized carbons (Fsp3) is 0.636. The molecule has 0 amide bonds. The molecule has 2 heterocycles. The molecular formula is C11H17ClN4O. The molecule has 1 aliphatic heterocycles. The predicted octanol–water partition coefficient (Wildman–Crippen LogP) is 0.763. The third-order valence-corrected chi connectivity index (χ3v) is 3.55. The minimum absolute atomic E-state index is 0.127. The Balaban J connectivity index is 2.21. The van der Waals surface area contributed by atoms with E-state index in [0.29, 0.717) is 16.8 Å². The number of aliphatic hydroxyl groups excluding tert-OH is 1. The number of aromatic nitrogens is 2. The topological polar surface area (TPSA) is 52.5 Å². The molecule has 1 N–H and O–H groups in total. The number of anilines is 1. The summed E-state index contributed by atoms with van der Waals surface area (Å²) in [6.07, 6.45) is 2.54. The van der Waals surface area contributed by atoms with Gasteiger partial charge in [-0.25, -0.2) is 9.97 Å². The lowest BCUT2D eigenvalue weighted by Gasteiger charge is -2.22. The molecular weight excluding hydrogens is 240 g/mol. The van der Waals surface area contributed by atoms with Gasteiger partial charge in [-0.15, -0.1) is 0 Å². The maximum atomic E-state index is 9.33. The lowest BCUT2D eigenvalue weighted by molar-refractivity contribution is 0.281. The molecule has 1 unspecified atom stereocenters. The number of likely N-dealkylation sites (N-methyl/N-ethyl adjacent to an activating group) is 1. The van der Waals surface area contributed by atoms with Crippen molar-refractivity contribution in [3.63, 3.8) is 0 Å². The smallest absolute Gasteiger partial charge is 0.140 e. The molecule has 5 nitrogen and oxygen atoms in total. The summed E-state index contributed by atoms with van der Waals surface area (Å²) in [4.78, 5) is 12.5. The molecule has 0 radical (unpaired) electrons. The molecule has 0 spiro atoms. The summed E-state index contributed by atoms with van der Waals surface area (Å²) >= 11 is 5.96. The van der Waals surface area contributed by atoms with Gasteiger partial charge in [-0.2, -0.15) is 0 Å². The molecule has 1 atom stereocenters. The van der Waals surface area contributed by atoms with Gasteiger partial charge in [0.15, 0.2) is 0 Å². The number of hydrogen-bond donors (Lipinski definition) is 1. The van der Waals surface area contributed by atoms with Gasteiger partial charge in [0, 0.05) is 19.1 Å². The Morgan fingerprint density at radius 2 is 2.29 bits per heavy atom. The van der Waals surface area contributed by atoms with Gasteiger partial charge in [0.25, 0.3) is 0 Å². The molecule has 1 fully saturated rings. The monoisotopic (exact) mass is 256 g/mol. The van der Waals surface area contributed by atoms with Crippen LogP contribution in [0, 0.1) is 0 Å². The first-order valence-corrected chi connectivity index (χ1v) is 6.03. The standard InChI is InChI=1S/C11H17ClN4O/c1-15(2)8-3-4-16(5-8)11-9(6-17)10(12)13-7-14-11/h7-8,17H,3-6H2,1-2H3. The minimum atomic E-state index is -0.127. The predicted molar refractivity (Wildman–Crippen MR) is 67.3 cm³/mol. The van der Waals surface area contributed by atoms with Crippen molar-refractivity contribution in [2.24, 2.45) is 0 Å². The maximum absolute atomic E-state index is 9.33. The molecule has 17 heavy (non-hydrogen) atoms. The molecule has 0 aromatic carbocycles. The fourth-order valence-electron chi connectivity index (χ4n) is 2.15. The summed E-state index contributed by atoms with van der Waals surface area (Å²) in [6.45, 7) is 1.72. The Kier molecular flexibility index (Phi) is 3.81. The van der Waals surface area contributed by atoms with Crippen molar-refractivity contribution < 1.29 is 5.11 Å². The van der Waals surface area contributed by atoms with Gasteiger partial charge < -0.3 is 14.9 Å². The second-order valence-corrected chi connectivity index (χ2v) is 4.83. The number of hydrogen-bond acceptors (Lipinski definition) is 5. The Hall–Kier alpha value is -0.910. The van der Waals surface area contributed by atoms with Crippen LogP contribution in [-0.4, -0.2) is 53.2 Å². The van der Waals surface area contributed by atoms with E-state index < -0.39 is 0 Å². The molecule has 94 valence electrons. The second kappa shape index (κ2) is 5.16. The Morgan fingerprint density at radius 1 is 1.53 bits per heavy atom. The zero-order valence-corrected chi connectivity index (χ0v) is 10.9. The van der Waals surface area contributed by atoms with E-state index in [4.69, 9.17) is 11.6 Å². The quantitative estimate of drug-likeness (QED) is 0.810. The summed E-state index contributed by atoms with van der Waals surface area (Å²) in [5.74, 6) is 0.761. The van der Waals surface area contributed by atoms with E-state index in [-0.39, 0.29) is 6.61 Å². The van der Waals surface area contributed by atoms with Gasteiger partial charge in [0.05, 0.1) is 12.2 Å². The SMILES string of the molecule is CN(C)C1CCN(c2ncnc(Cl)c2CO)C1. The van der Waals surface area contributed by atoms with Crippen molar-refractivity contribution >= 4 is 17.4 Å². The zero-order valence-electron chi connectivity index (χ0n) is 10.1. The van der Waals surface area contributed by atoms with Crippen molar-refractivity contribution in [3.05, 3.63) is 17.0 Å². The minimum Gasteiger partial charge on any atom is -0.391 e. The van der Waals surface area contributed by atoms with E-state index >= 15 is 0 Å². The summed E-state index contributed by atoms with van der Waals surface area (Å²) in [6, 6.07) is 0.523. The first-order chi connectivity index (χ1) is 8.13. The lowest BCUT2D eigenvalue weighted by Crippen LogP contribution is -2.32. The maximum Gasteiger partial charge on any atom is 0.140 e. The van der Waals surface area contributed by atoms with Crippen LogP contribution in [0.2, 0.25) is 5.15 Å². The summed E-state index contributed by atoms with van der Waals surface area (Å²) < 4.78 is 0. The molecule has 1 aromatic heterocycles. The lowest BCUT2D eigenvalue weighted by atomic mass is 10.2. The number of halogens is 1. The molecule has 1 saturated heterocycles. The van der Waals surface area contributed by atoms with E-state index in [9.17, 15) is 5.11 Å². The van der Waals surface area contributed by atoms with E-state index in [1.165, 1.54) is 6.33 Å². The van der Waals surface area contributed by atoms with Gasteiger partial charge in [-0.05, 0) is 20.5 Å². The third-order valence-electron chi connectivity index (χ3n) is 3.22. The van der Waals surface area contributed by atoms with Crippen LogP contribution in [0.5, 0.6) is 0 Å². The van der Waals surface area contributed by atoms with E-state index in [1.807, 2.05) is 0 Å². The van der Waals surface area contributed by atoms with Crippen LogP contribution in [0.15, 0.2) is 6.33 Å². The second-order valence-electron chi connectivity index (χ2n) is 4.48. The van der Waals surface area contributed by atoms with Gasteiger partial charge in [-0.1, -0.05) is 11.6 Å². The van der Waals surface area contributed by atoms with Crippen LogP contribution in [0.4, 0.5) is 5.82 Å². The van der Waals surface area contributed by atoms with E-state index in [1.54, 1.807) is 0 Å². The van der Waals surface area contributed by atoms with E-state index in [2.05, 4.69) is 33.9 Å². The number of rotatable bonds is 3. The highest BCUT2D eigenvalue weighted by atomic mass is 35.5. The highest BCUT2D eigenvalue weighted by molar-refractivity contribution is 6.30. The van der Waals surface area contributed by atoms with Gasteiger partial charge in [0.1, 0.15) is 17.3 Å². The Bertz CT molecular complexity index is 399.